The molecule has 10 atom stereocenters. The number of aliphatic hydroxyl groups excluding tert-OH is 2. The number of carbonyl (C=O) groups is 2. The zero-order valence-electron chi connectivity index (χ0n) is 17.7. The van der Waals surface area contributed by atoms with E-state index in [2.05, 4.69) is 13.8 Å². The van der Waals surface area contributed by atoms with Gasteiger partial charge in [-0.15, -0.1) is 0 Å². The smallest absolute Gasteiger partial charge is 0.302 e. The van der Waals surface area contributed by atoms with Crippen molar-refractivity contribution in [3.63, 3.8) is 0 Å². The van der Waals surface area contributed by atoms with E-state index in [1.807, 2.05) is 0 Å². The number of rotatable bonds is 2. The third-order valence-electron chi connectivity index (χ3n) is 9.55. The standard InChI is InChI=1S/C23H36O5/c1-12(24)16-5-6-17-21-18(11-20(27)23(16,17)4)22(3)8-7-15(26)9-14(22)10-19(21)28-13(2)25/h14-21,26-27H,5-11H2,1-4H3. The highest BCUT2D eigenvalue weighted by Gasteiger charge is 2.66. The van der Waals surface area contributed by atoms with Gasteiger partial charge in [0.1, 0.15) is 11.9 Å². The number of fused-ring (bicyclic) bond motifs is 5. The lowest BCUT2D eigenvalue weighted by Crippen LogP contribution is -2.63. The molecule has 28 heavy (non-hydrogen) atoms. The quantitative estimate of drug-likeness (QED) is 0.706. The van der Waals surface area contributed by atoms with Gasteiger partial charge in [0, 0.05) is 24.2 Å². The van der Waals surface area contributed by atoms with Crippen molar-refractivity contribution in [2.75, 3.05) is 0 Å². The van der Waals surface area contributed by atoms with Crippen molar-refractivity contribution in [2.24, 2.45) is 40.4 Å². The van der Waals surface area contributed by atoms with Crippen molar-refractivity contribution < 1.29 is 24.5 Å². The third kappa shape index (κ3) is 2.79. The minimum atomic E-state index is -0.504. The second-order valence-corrected chi connectivity index (χ2v) is 10.7. The molecule has 0 aromatic rings. The summed E-state index contributed by atoms with van der Waals surface area (Å²) in [6, 6.07) is 0. The Balaban J connectivity index is 1.75. The molecule has 4 saturated carbocycles. The molecule has 4 aliphatic rings. The van der Waals surface area contributed by atoms with Crippen LogP contribution in [-0.2, 0) is 14.3 Å². The molecule has 0 aromatic heterocycles. The molecule has 4 aliphatic carbocycles. The fraction of sp³-hybridized carbons (Fsp3) is 0.913. The van der Waals surface area contributed by atoms with Crippen molar-refractivity contribution in [1.82, 2.24) is 0 Å². The minimum absolute atomic E-state index is 0.0527. The molecule has 0 amide bonds. The van der Waals surface area contributed by atoms with Crippen molar-refractivity contribution in [1.29, 1.82) is 0 Å². The summed E-state index contributed by atoms with van der Waals surface area (Å²) < 4.78 is 5.89. The van der Waals surface area contributed by atoms with Crippen LogP contribution in [0.15, 0.2) is 0 Å². The minimum Gasteiger partial charge on any atom is -0.462 e. The van der Waals surface area contributed by atoms with Crippen molar-refractivity contribution in [3.05, 3.63) is 0 Å². The van der Waals surface area contributed by atoms with Gasteiger partial charge in [0.05, 0.1) is 12.2 Å². The van der Waals surface area contributed by atoms with E-state index in [4.69, 9.17) is 4.74 Å². The van der Waals surface area contributed by atoms with E-state index in [1.54, 1.807) is 6.92 Å². The first-order chi connectivity index (χ1) is 13.1. The van der Waals surface area contributed by atoms with Crippen LogP contribution >= 0.6 is 0 Å². The highest BCUT2D eigenvalue weighted by Crippen LogP contribution is 2.67. The maximum absolute atomic E-state index is 12.4. The number of hydrogen-bond donors (Lipinski definition) is 2. The van der Waals surface area contributed by atoms with E-state index in [9.17, 15) is 19.8 Å². The summed E-state index contributed by atoms with van der Waals surface area (Å²) in [5.41, 5.74) is -0.375. The van der Waals surface area contributed by atoms with Gasteiger partial charge in [0.15, 0.2) is 0 Å². The van der Waals surface area contributed by atoms with E-state index >= 15 is 0 Å². The maximum Gasteiger partial charge on any atom is 0.302 e. The summed E-state index contributed by atoms with van der Waals surface area (Å²) in [5.74, 6) is 0.780. The monoisotopic (exact) mass is 392 g/mol. The Hall–Kier alpha value is -0.940. The summed E-state index contributed by atoms with van der Waals surface area (Å²) in [6.45, 7) is 7.56. The van der Waals surface area contributed by atoms with E-state index < -0.39 is 11.5 Å². The fourth-order valence-corrected chi connectivity index (χ4v) is 8.14. The normalized spacial score (nSPS) is 52.9. The molecule has 2 N–H and O–H groups in total. The van der Waals surface area contributed by atoms with Gasteiger partial charge in [-0.1, -0.05) is 13.8 Å². The molecule has 0 radical (unpaired) electrons. The number of hydrogen-bond acceptors (Lipinski definition) is 5. The lowest BCUT2D eigenvalue weighted by Gasteiger charge is -2.63. The number of esters is 1. The maximum atomic E-state index is 12.4. The van der Waals surface area contributed by atoms with E-state index in [-0.39, 0.29) is 53.0 Å². The Labute approximate surface area is 168 Å². The van der Waals surface area contributed by atoms with Crippen LogP contribution < -0.4 is 0 Å². The predicted octanol–water partition coefficient (Wildman–Crippen LogP) is 3.11. The molecule has 5 nitrogen and oxygen atoms in total. The molecule has 158 valence electrons. The van der Waals surface area contributed by atoms with E-state index in [0.717, 1.165) is 38.5 Å². The largest absolute Gasteiger partial charge is 0.462 e. The van der Waals surface area contributed by atoms with Crippen LogP contribution in [0.3, 0.4) is 0 Å². The average molecular weight is 393 g/mol. The Bertz CT molecular complexity index is 661. The second kappa shape index (κ2) is 6.80. The molecule has 0 heterocycles. The van der Waals surface area contributed by atoms with Crippen molar-refractivity contribution in [3.8, 4) is 0 Å². The molecule has 10 unspecified atom stereocenters. The summed E-state index contributed by atoms with van der Waals surface area (Å²) in [7, 11) is 0. The number of carbonyl (C=O) groups excluding carboxylic acids is 2. The summed E-state index contributed by atoms with van der Waals surface area (Å²) in [6.07, 6.45) is 4.77. The average Bonchev–Trinajstić information content (AvgIpc) is 2.96. The van der Waals surface area contributed by atoms with Crippen LogP contribution in [0.2, 0.25) is 0 Å². The van der Waals surface area contributed by atoms with Gasteiger partial charge in [-0.2, -0.15) is 0 Å². The molecule has 0 spiro atoms. The Morgan fingerprint density at radius 3 is 2.32 bits per heavy atom. The van der Waals surface area contributed by atoms with Gasteiger partial charge in [0.2, 0.25) is 0 Å². The summed E-state index contributed by atoms with van der Waals surface area (Å²) >= 11 is 0. The Morgan fingerprint density at radius 1 is 0.964 bits per heavy atom. The zero-order chi connectivity index (χ0) is 20.4. The van der Waals surface area contributed by atoms with Gasteiger partial charge >= 0.3 is 5.97 Å². The SMILES string of the molecule is CC(=O)OC1CC2CC(O)CCC2(C)C2CC(O)C3(C)C(C(C)=O)CCC3C12. The number of Topliss-reactive ketones (excluding diaryl/α,β-unsaturated/α-hetero) is 1. The first kappa shape index (κ1) is 20.3. The highest BCUT2D eigenvalue weighted by molar-refractivity contribution is 5.79. The van der Waals surface area contributed by atoms with Crippen LogP contribution in [0.25, 0.3) is 0 Å². The molecule has 0 aromatic carbocycles. The molecule has 0 bridgehead atoms. The summed E-state index contributed by atoms with van der Waals surface area (Å²) in [4.78, 5) is 24.3. The van der Waals surface area contributed by atoms with Crippen LogP contribution in [-0.4, -0.2) is 40.3 Å². The number of ether oxygens (including phenoxy) is 1. The first-order valence-corrected chi connectivity index (χ1v) is 11.1. The third-order valence-corrected chi connectivity index (χ3v) is 9.55. The van der Waals surface area contributed by atoms with Crippen LogP contribution in [0.4, 0.5) is 0 Å². The molecule has 5 heteroatoms. The highest BCUT2D eigenvalue weighted by atomic mass is 16.5. The molecule has 4 fully saturated rings. The van der Waals surface area contributed by atoms with Crippen LogP contribution in [0.5, 0.6) is 0 Å². The van der Waals surface area contributed by atoms with Crippen molar-refractivity contribution >= 4 is 11.8 Å². The first-order valence-electron chi connectivity index (χ1n) is 11.1. The van der Waals surface area contributed by atoms with Gasteiger partial charge in [-0.3, -0.25) is 9.59 Å². The fourth-order valence-electron chi connectivity index (χ4n) is 8.14. The Kier molecular flexibility index (Phi) is 4.94. The van der Waals surface area contributed by atoms with Gasteiger partial charge in [-0.05, 0) is 75.0 Å². The van der Waals surface area contributed by atoms with Gasteiger partial charge < -0.3 is 14.9 Å². The second-order valence-electron chi connectivity index (χ2n) is 10.7. The zero-order valence-corrected chi connectivity index (χ0v) is 17.7. The molecule has 4 rings (SSSR count). The summed E-state index contributed by atoms with van der Waals surface area (Å²) in [5, 5.41) is 21.6. The van der Waals surface area contributed by atoms with Gasteiger partial charge in [-0.25, -0.2) is 0 Å². The molecule has 0 saturated heterocycles. The molecule has 0 aliphatic heterocycles. The Morgan fingerprint density at radius 2 is 1.68 bits per heavy atom. The lowest BCUT2D eigenvalue weighted by atomic mass is 9.43. The topological polar surface area (TPSA) is 83.8 Å². The van der Waals surface area contributed by atoms with Gasteiger partial charge in [0.25, 0.3) is 0 Å². The van der Waals surface area contributed by atoms with Crippen molar-refractivity contribution in [2.45, 2.75) is 91.0 Å². The lowest BCUT2D eigenvalue weighted by molar-refractivity contribution is -0.214. The predicted molar refractivity (Wildman–Crippen MR) is 104 cm³/mol. The van der Waals surface area contributed by atoms with E-state index in [1.165, 1.54) is 6.92 Å². The van der Waals surface area contributed by atoms with E-state index in [0.29, 0.717) is 12.3 Å². The van der Waals surface area contributed by atoms with Crippen LogP contribution in [0, 0.1) is 40.4 Å². The molecular weight excluding hydrogens is 356 g/mol. The van der Waals surface area contributed by atoms with Crippen LogP contribution in [0.1, 0.15) is 72.6 Å². The number of ketones is 1. The molecular formula is C23H36O5. The number of aliphatic hydroxyl groups is 2.